The van der Waals surface area contributed by atoms with Crippen LogP contribution in [0.15, 0.2) is 84.9 Å². The van der Waals surface area contributed by atoms with Crippen LogP contribution in [0.1, 0.15) is 107 Å². The zero-order valence-corrected chi connectivity index (χ0v) is 49.3. The monoisotopic (exact) mass is 1250 g/mol. The molecule has 0 saturated heterocycles. The molecule has 0 fully saturated rings. The lowest BCUT2D eigenvalue weighted by atomic mass is 9.86. The lowest BCUT2D eigenvalue weighted by molar-refractivity contribution is -0.145. The second-order valence-corrected chi connectivity index (χ2v) is 22.0. The van der Waals surface area contributed by atoms with E-state index in [2.05, 4.69) is 42.5 Å². The molecular formula is C60H66N10O20. The Morgan fingerprint density at radius 1 is 0.367 bits per heavy atom. The Kier molecular flexibility index (Phi) is 22.5. The predicted octanol–water partition coefficient (Wildman–Crippen LogP) is -1.13. The number of nitrogens with zero attached hydrogens (tertiary/aromatic N) is 2. The molecule has 2 aliphatic rings. The number of imide groups is 2. The van der Waals surface area contributed by atoms with Gasteiger partial charge in [0.25, 0.3) is 23.6 Å². The van der Waals surface area contributed by atoms with Crippen molar-refractivity contribution >= 4 is 106 Å². The quantitative estimate of drug-likeness (QED) is 0.0275. The second kappa shape index (κ2) is 29.6. The fourth-order valence-electron chi connectivity index (χ4n) is 9.81. The number of amides is 12. The Bertz CT molecular complexity index is 3280. The normalized spacial score (nSPS) is 15.2. The van der Waals surface area contributed by atoms with Gasteiger partial charge in [0, 0.05) is 45.9 Å². The van der Waals surface area contributed by atoms with Gasteiger partial charge in [-0.05, 0) is 61.1 Å². The zero-order valence-electron chi connectivity index (χ0n) is 49.3. The highest BCUT2D eigenvalue weighted by molar-refractivity contribution is 6.34. The van der Waals surface area contributed by atoms with Crippen molar-refractivity contribution in [3.8, 4) is 0 Å². The molecule has 0 bridgehead atoms. The summed E-state index contributed by atoms with van der Waals surface area (Å²) in [6.07, 6.45) is -2.40. The van der Waals surface area contributed by atoms with Crippen LogP contribution >= 0.6 is 0 Å². The first-order valence-electron chi connectivity index (χ1n) is 28.1. The minimum Gasteiger partial charge on any atom is -0.481 e. The van der Waals surface area contributed by atoms with E-state index in [0.717, 1.165) is 24.3 Å². The highest BCUT2D eigenvalue weighted by Gasteiger charge is 2.42. The molecule has 90 heavy (non-hydrogen) atoms. The molecule has 0 aromatic heterocycles. The van der Waals surface area contributed by atoms with E-state index in [1.54, 1.807) is 60.7 Å². The lowest BCUT2D eigenvalue weighted by Crippen LogP contribution is -2.59. The minimum absolute atomic E-state index is 0.128. The second-order valence-electron chi connectivity index (χ2n) is 22.0. The van der Waals surface area contributed by atoms with Crippen molar-refractivity contribution in [2.24, 2.45) is 11.8 Å². The Morgan fingerprint density at radius 2 is 0.644 bits per heavy atom. The van der Waals surface area contributed by atoms with E-state index >= 15 is 0 Å². The smallest absolute Gasteiger partial charge is 0.326 e. The van der Waals surface area contributed by atoms with Gasteiger partial charge in [-0.2, -0.15) is 0 Å². The lowest BCUT2D eigenvalue weighted by Gasteiger charge is -2.31. The highest BCUT2D eigenvalue weighted by Crippen LogP contribution is 2.38. The topological polar surface area (TPSA) is 457 Å². The third-order valence-corrected chi connectivity index (χ3v) is 14.5. The van der Waals surface area contributed by atoms with Crippen molar-refractivity contribution in [3.05, 3.63) is 118 Å². The van der Waals surface area contributed by atoms with Crippen molar-refractivity contribution in [1.82, 2.24) is 52.3 Å². The molecule has 1 unspecified atom stereocenters. The third kappa shape index (κ3) is 16.8. The molecule has 2 heterocycles. The standard InChI is InChI=1S/C60H66N10O20/c1-27(2)47(59(87)88)67-53(81)39(23-43(73)74)65-51(79)37(21-31-13-9-7-10-14-31)63-49(77)29(5)61-41(71)25-69-55(83)33-17-19-35-46-36(20-18-34(45(33)46)56(69)84)58(86)70(57(35)85)26-42(72)62-30(6)50(78)64-38(22-32-15-11-8-12-16-32)52(80)66-40(24-44(75)76)54(82)68-48(28(3)4)60(89)90/h7-20,27-30,37-40,47-48H,21-26H2,1-6H3,(H,61,71)(H,62,72)(H,63,77)(H,64,78)(H,65,79)(H,66,80)(H,67,81)(H,68,82)(H,73,74)(H,75,76)(H,87,88)(H,89,90)/t29-,30-,37-,38-,39-,40-,47-,48?/m0/s1. The molecule has 12 N–H and O–H groups in total. The van der Waals surface area contributed by atoms with Crippen LogP contribution in [0, 0.1) is 11.8 Å². The van der Waals surface area contributed by atoms with E-state index in [9.17, 15) is 97.1 Å². The van der Waals surface area contributed by atoms with Crippen LogP contribution in [-0.4, -0.2) is 186 Å². The molecule has 30 heteroatoms. The van der Waals surface area contributed by atoms with Crippen LogP contribution in [0.25, 0.3) is 10.8 Å². The number of hydrogen-bond donors (Lipinski definition) is 12. The molecule has 12 amide bonds. The largest absolute Gasteiger partial charge is 0.481 e. The molecule has 2 aliphatic heterocycles. The molecule has 0 spiro atoms. The molecule has 30 nitrogen and oxygen atoms in total. The van der Waals surface area contributed by atoms with E-state index < -0.39 is 181 Å². The highest BCUT2D eigenvalue weighted by atomic mass is 16.4. The zero-order chi connectivity index (χ0) is 66.6. The predicted molar refractivity (Wildman–Crippen MR) is 311 cm³/mol. The van der Waals surface area contributed by atoms with Gasteiger partial charge in [0.2, 0.25) is 47.3 Å². The molecule has 476 valence electrons. The number of carboxylic acids is 4. The van der Waals surface area contributed by atoms with E-state index in [1.807, 2.05) is 0 Å². The first-order chi connectivity index (χ1) is 42.4. The summed E-state index contributed by atoms with van der Waals surface area (Å²) in [6.45, 7) is 6.42. The van der Waals surface area contributed by atoms with Gasteiger partial charge in [0.15, 0.2) is 0 Å². The van der Waals surface area contributed by atoms with Crippen molar-refractivity contribution in [3.63, 3.8) is 0 Å². The third-order valence-electron chi connectivity index (χ3n) is 14.5. The van der Waals surface area contributed by atoms with Crippen LogP contribution in [0.4, 0.5) is 0 Å². The molecule has 0 aliphatic carbocycles. The maximum Gasteiger partial charge on any atom is 0.326 e. The van der Waals surface area contributed by atoms with Crippen LogP contribution in [0.2, 0.25) is 0 Å². The number of benzene rings is 4. The summed E-state index contributed by atoms with van der Waals surface area (Å²) in [5.74, 6) is -19.8. The first-order valence-corrected chi connectivity index (χ1v) is 28.1. The van der Waals surface area contributed by atoms with Gasteiger partial charge in [-0.1, -0.05) is 88.4 Å². The summed E-state index contributed by atoms with van der Waals surface area (Å²) in [5.41, 5.74) is 0.0956. The van der Waals surface area contributed by atoms with Gasteiger partial charge >= 0.3 is 23.9 Å². The van der Waals surface area contributed by atoms with Crippen molar-refractivity contribution in [1.29, 1.82) is 0 Å². The Hall–Kier alpha value is -10.9. The molecular weight excluding hydrogens is 1180 g/mol. The van der Waals surface area contributed by atoms with Gasteiger partial charge < -0.3 is 63.0 Å². The SMILES string of the molecule is CC(C)C(NC(=O)[C@H](CC(=O)O)NC(=O)[C@H](Cc1ccccc1)NC(=O)[C@H](C)NC(=O)CN1C(=O)c2ccc3c4c(ccc(c24)C1=O)C(=O)N(CC(=O)N[C@@H](C)C(=O)N[C@@H](Cc1ccccc1)C(=O)N[C@@H](CC(=O)O)C(=O)N[C@H](C(=O)O)C(C)C)C3=O)C(=O)O. The molecule has 6 rings (SSSR count). The van der Waals surface area contributed by atoms with Crippen LogP contribution in [-0.2, 0) is 70.4 Å². The maximum absolute atomic E-state index is 14.1. The summed E-state index contributed by atoms with van der Waals surface area (Å²) in [6, 6.07) is 8.36. The van der Waals surface area contributed by atoms with Crippen LogP contribution in [0.5, 0.6) is 0 Å². The summed E-state index contributed by atoms with van der Waals surface area (Å²) < 4.78 is 0. The van der Waals surface area contributed by atoms with Gasteiger partial charge in [0.1, 0.15) is 61.4 Å². The Labute approximate surface area is 512 Å². The van der Waals surface area contributed by atoms with Crippen molar-refractivity contribution < 1.29 is 97.1 Å². The number of carbonyl (C=O) groups is 16. The minimum atomic E-state index is -1.80. The number of nitrogens with one attached hydrogen (secondary N) is 8. The average Bonchev–Trinajstić information content (AvgIpc) is 0.715. The summed E-state index contributed by atoms with van der Waals surface area (Å²) in [5, 5.41) is 56.6. The number of rotatable bonds is 30. The summed E-state index contributed by atoms with van der Waals surface area (Å²) in [4.78, 5) is 213. The molecule has 0 saturated carbocycles. The van der Waals surface area contributed by atoms with Gasteiger partial charge in [-0.25, -0.2) is 9.59 Å². The number of carbonyl (C=O) groups excluding carboxylic acids is 12. The van der Waals surface area contributed by atoms with Gasteiger partial charge in [-0.3, -0.25) is 76.9 Å². The fraction of sp³-hybridized carbons (Fsp3) is 0.367. The van der Waals surface area contributed by atoms with Crippen LogP contribution in [0.3, 0.4) is 0 Å². The average molecular weight is 1250 g/mol. The Morgan fingerprint density at radius 3 is 0.911 bits per heavy atom. The summed E-state index contributed by atoms with van der Waals surface area (Å²) in [7, 11) is 0. The molecule has 8 atom stereocenters. The Balaban J connectivity index is 1.11. The molecule has 0 radical (unpaired) electrons. The summed E-state index contributed by atoms with van der Waals surface area (Å²) >= 11 is 0. The number of hydrogen-bond acceptors (Lipinski definition) is 16. The maximum atomic E-state index is 14.1. The molecule has 4 aromatic carbocycles. The number of carboxylic acid groups (broad SMARTS) is 4. The van der Waals surface area contributed by atoms with Gasteiger partial charge in [0.05, 0.1) is 12.8 Å². The van der Waals surface area contributed by atoms with E-state index in [-0.39, 0.29) is 45.9 Å². The van der Waals surface area contributed by atoms with E-state index in [4.69, 9.17) is 0 Å². The molecule has 4 aromatic rings. The van der Waals surface area contributed by atoms with E-state index in [0.29, 0.717) is 20.9 Å². The van der Waals surface area contributed by atoms with Crippen LogP contribution < -0.4 is 42.5 Å². The fourth-order valence-corrected chi connectivity index (χ4v) is 9.81. The van der Waals surface area contributed by atoms with Gasteiger partial charge in [-0.15, -0.1) is 0 Å². The number of aliphatic carboxylic acids is 4. The van der Waals surface area contributed by atoms with Crippen molar-refractivity contribution in [2.75, 3.05) is 13.1 Å². The first kappa shape index (κ1) is 68.2. The van der Waals surface area contributed by atoms with Crippen molar-refractivity contribution in [2.45, 2.75) is 116 Å². The van der Waals surface area contributed by atoms with E-state index in [1.165, 1.54) is 41.5 Å².